The molecular weight excluding hydrogens is 597 g/mol. The van der Waals surface area contributed by atoms with Gasteiger partial charge in [-0.05, 0) is 0 Å². The van der Waals surface area contributed by atoms with Crippen LogP contribution in [0.25, 0.3) is 0 Å². The van der Waals surface area contributed by atoms with E-state index in [4.69, 9.17) is 50.5 Å². The van der Waals surface area contributed by atoms with E-state index in [0.29, 0.717) is 0 Å². The Morgan fingerprint density at radius 1 is 0.276 bits per heavy atom. The minimum absolute atomic E-state index is 0. The molecule has 4 rings (SSSR count). The van der Waals surface area contributed by atoms with Crippen LogP contribution >= 0.6 is 0 Å². The third kappa shape index (κ3) is 17.1. The van der Waals surface area contributed by atoms with Crippen LogP contribution in [-0.4, -0.2) is 0 Å². The van der Waals surface area contributed by atoms with E-state index < -0.39 is 0 Å². The number of hydrogen-bond donors (Lipinski definition) is 0. The Kier molecular flexibility index (Phi) is 17.6. The van der Waals surface area contributed by atoms with Crippen molar-refractivity contribution in [1.82, 2.24) is 0 Å². The second kappa shape index (κ2) is 18.5. The largest absolute Gasteiger partial charge is 0.780 e. The maximum absolute atomic E-state index is 4.81. The molecule has 0 aromatic heterocycles. The summed E-state index contributed by atoms with van der Waals surface area (Å²) in [6.07, 6.45) is 0. The third-order valence-electron chi connectivity index (χ3n) is 2.97. The predicted molar refractivity (Wildman–Crippen MR) is 128 cm³/mol. The van der Waals surface area contributed by atoms with Crippen LogP contribution in [0.2, 0.25) is 0 Å². The van der Waals surface area contributed by atoms with Crippen LogP contribution in [0.15, 0.2) is 141 Å². The quantitative estimate of drug-likeness (QED) is 0.211. The van der Waals surface area contributed by atoms with Gasteiger partial charge in [-0.1, -0.05) is 121 Å². The van der Waals surface area contributed by atoms with Crippen molar-refractivity contribution >= 4 is 50.5 Å². The van der Waals surface area contributed by atoms with E-state index in [2.05, 4.69) is 0 Å². The van der Waals surface area contributed by atoms with Crippen molar-refractivity contribution in [2.75, 3.05) is 0 Å². The Hall–Kier alpha value is -1.50. The third-order valence-corrected chi connectivity index (χ3v) is 4.06. The summed E-state index contributed by atoms with van der Waals surface area (Å²) in [6, 6.07) is 38.5. The molecule has 4 aromatic carbocycles. The van der Waals surface area contributed by atoms with Crippen LogP contribution < -0.4 is 0 Å². The first kappa shape index (κ1) is 27.5. The summed E-state index contributed by atoms with van der Waals surface area (Å²) < 4.78 is 0. The molecule has 0 aliphatic heterocycles. The van der Waals surface area contributed by atoms with Crippen LogP contribution in [-0.2, 0) is 72.9 Å². The summed E-state index contributed by atoms with van der Waals surface area (Å²) >= 11 is 19.2. The van der Waals surface area contributed by atoms with Crippen molar-refractivity contribution in [3.05, 3.63) is 121 Å². The Labute approximate surface area is 212 Å². The van der Waals surface area contributed by atoms with Crippen LogP contribution in [0.1, 0.15) is 0 Å². The molecule has 0 bridgehead atoms. The van der Waals surface area contributed by atoms with E-state index >= 15 is 0 Å². The van der Waals surface area contributed by atoms with E-state index in [1.807, 2.05) is 121 Å². The van der Waals surface area contributed by atoms with Gasteiger partial charge < -0.3 is 50.5 Å². The summed E-state index contributed by atoms with van der Waals surface area (Å²) in [5.74, 6) is 0. The molecule has 5 heteroatoms. The van der Waals surface area contributed by atoms with Gasteiger partial charge in [0, 0.05) is 22.4 Å². The van der Waals surface area contributed by atoms with E-state index in [-0.39, 0.29) is 22.4 Å². The van der Waals surface area contributed by atoms with Crippen molar-refractivity contribution in [2.24, 2.45) is 0 Å². The molecule has 0 saturated carbocycles. The molecule has 0 unspecified atom stereocenters. The summed E-state index contributed by atoms with van der Waals surface area (Å²) in [5, 5.41) is 0. The number of benzene rings is 4. The Bertz CT molecular complexity index is 693. The first-order valence-corrected chi connectivity index (χ1v) is 10.1. The van der Waals surface area contributed by atoms with Crippen molar-refractivity contribution in [3.8, 4) is 0 Å². The fourth-order valence-corrected chi connectivity index (χ4v) is 2.31. The molecule has 0 aliphatic rings. The topological polar surface area (TPSA) is 0 Å². The molecule has 0 N–H and O–H groups in total. The Morgan fingerprint density at radius 2 is 0.414 bits per heavy atom. The molecule has 149 valence electrons. The molecule has 4 aromatic rings. The Morgan fingerprint density at radius 3 is 0.483 bits per heavy atom. The average molecular weight is 618 g/mol. The molecule has 0 aliphatic carbocycles. The van der Waals surface area contributed by atoms with Crippen molar-refractivity contribution in [3.63, 3.8) is 0 Å². The van der Waals surface area contributed by atoms with Gasteiger partial charge in [0.2, 0.25) is 0 Å². The summed E-state index contributed by atoms with van der Waals surface area (Å²) in [4.78, 5) is 3.62. The maximum Gasteiger partial charge on any atom is 0 e. The minimum atomic E-state index is 0. The molecule has 0 heterocycles. The molecular formula is C24H20S4Ta-4. The molecule has 0 amide bonds. The molecule has 0 spiro atoms. The second-order valence-corrected chi connectivity index (χ2v) is 7.14. The molecule has 0 fully saturated rings. The number of rotatable bonds is 0. The van der Waals surface area contributed by atoms with E-state index in [0.717, 1.165) is 19.6 Å². The molecule has 0 nitrogen and oxygen atoms in total. The van der Waals surface area contributed by atoms with Crippen LogP contribution in [0.3, 0.4) is 0 Å². The molecule has 1 radical (unpaired) electrons. The van der Waals surface area contributed by atoms with Gasteiger partial charge >= 0.3 is 0 Å². The van der Waals surface area contributed by atoms with Crippen LogP contribution in [0.4, 0.5) is 0 Å². The van der Waals surface area contributed by atoms with Crippen LogP contribution in [0, 0.1) is 0 Å². The maximum atomic E-state index is 4.81. The van der Waals surface area contributed by atoms with Gasteiger partial charge in [0.1, 0.15) is 0 Å². The standard InChI is InChI=1S/4C6H6S.Ta/c4*7-6-4-2-1-3-5-6;/h4*1-5,7H;/p-4. The smallest absolute Gasteiger partial charge is 0 e. The van der Waals surface area contributed by atoms with E-state index in [1.54, 1.807) is 0 Å². The van der Waals surface area contributed by atoms with Crippen LogP contribution in [0.5, 0.6) is 0 Å². The first-order chi connectivity index (χ1) is 13.6. The van der Waals surface area contributed by atoms with E-state index in [1.165, 1.54) is 0 Å². The SMILES string of the molecule is [S-]c1ccccc1.[S-]c1ccccc1.[S-]c1ccccc1.[S-]c1ccccc1.[Ta]. The van der Waals surface area contributed by atoms with Gasteiger partial charge in [0.05, 0.1) is 0 Å². The van der Waals surface area contributed by atoms with E-state index in [9.17, 15) is 0 Å². The summed E-state index contributed by atoms with van der Waals surface area (Å²) in [7, 11) is 0. The zero-order valence-electron chi connectivity index (χ0n) is 15.6. The van der Waals surface area contributed by atoms with Gasteiger partial charge in [-0.2, -0.15) is 19.6 Å². The minimum Gasteiger partial charge on any atom is -0.780 e. The molecule has 0 saturated heterocycles. The molecule has 0 atom stereocenters. The summed E-state index contributed by atoms with van der Waals surface area (Å²) in [6.45, 7) is 0. The first-order valence-electron chi connectivity index (χ1n) is 8.46. The second-order valence-electron chi connectivity index (χ2n) is 5.25. The fraction of sp³-hybridized carbons (Fsp3) is 0. The van der Waals surface area contributed by atoms with Crippen molar-refractivity contribution in [2.45, 2.75) is 19.6 Å². The molecule has 29 heavy (non-hydrogen) atoms. The van der Waals surface area contributed by atoms with Gasteiger partial charge in [0.25, 0.3) is 0 Å². The number of hydrogen-bond acceptors (Lipinski definition) is 4. The van der Waals surface area contributed by atoms with Crippen molar-refractivity contribution in [1.29, 1.82) is 0 Å². The zero-order chi connectivity index (χ0) is 20.5. The van der Waals surface area contributed by atoms with Gasteiger partial charge in [-0.3, -0.25) is 0 Å². The average Bonchev–Trinajstić information content (AvgIpc) is 2.72. The van der Waals surface area contributed by atoms with Crippen molar-refractivity contribution < 1.29 is 22.4 Å². The monoisotopic (exact) mass is 617 g/mol. The van der Waals surface area contributed by atoms with Gasteiger partial charge in [0.15, 0.2) is 0 Å². The van der Waals surface area contributed by atoms with Gasteiger partial charge in [-0.15, -0.1) is 0 Å². The predicted octanol–water partition coefficient (Wildman–Crippen LogP) is 6.37. The fourth-order valence-electron chi connectivity index (χ4n) is 1.68. The Balaban J connectivity index is 0.000000356. The zero-order valence-corrected chi connectivity index (χ0v) is 22.1. The summed E-state index contributed by atoms with van der Waals surface area (Å²) in [5.41, 5.74) is 0. The normalized spacial score (nSPS) is 8.28. The van der Waals surface area contributed by atoms with Gasteiger partial charge in [-0.25, -0.2) is 0 Å².